The van der Waals surface area contributed by atoms with Crippen molar-refractivity contribution >= 4 is 35.0 Å². The summed E-state index contributed by atoms with van der Waals surface area (Å²) < 4.78 is 0. The van der Waals surface area contributed by atoms with E-state index in [2.05, 4.69) is 16.4 Å². The molecule has 0 aliphatic carbocycles. The van der Waals surface area contributed by atoms with Crippen LogP contribution in [0.1, 0.15) is 35.7 Å². The summed E-state index contributed by atoms with van der Waals surface area (Å²) in [4.78, 5) is 31.4. The Morgan fingerprint density at radius 3 is 2.75 bits per heavy atom. The van der Waals surface area contributed by atoms with E-state index in [0.29, 0.717) is 22.0 Å². The number of anilines is 2. The van der Waals surface area contributed by atoms with Crippen molar-refractivity contribution in [3.8, 4) is 6.07 Å². The maximum atomic E-state index is 13.1. The lowest BCUT2D eigenvalue weighted by Crippen LogP contribution is -2.40. The van der Waals surface area contributed by atoms with Crippen LogP contribution in [0.2, 0.25) is 0 Å². The first-order chi connectivity index (χ1) is 13.3. The third-order valence-electron chi connectivity index (χ3n) is 5.04. The van der Waals surface area contributed by atoms with E-state index < -0.39 is 0 Å². The highest BCUT2D eigenvalue weighted by Crippen LogP contribution is 2.33. The molecule has 2 heterocycles. The first kappa shape index (κ1) is 19.9. The summed E-state index contributed by atoms with van der Waals surface area (Å²) in [6, 6.07) is 9.25. The van der Waals surface area contributed by atoms with Crippen LogP contribution in [-0.2, 0) is 9.59 Å². The summed E-state index contributed by atoms with van der Waals surface area (Å²) in [5, 5.41) is 12.9. The molecule has 1 N–H and O–H groups in total. The molecule has 1 atom stereocenters. The molecule has 0 radical (unpaired) electrons. The molecule has 1 aliphatic rings. The van der Waals surface area contributed by atoms with Crippen molar-refractivity contribution in [3.63, 3.8) is 0 Å². The fourth-order valence-corrected chi connectivity index (χ4v) is 4.26. The van der Waals surface area contributed by atoms with Gasteiger partial charge in [0.25, 0.3) is 0 Å². The molecule has 3 rings (SSSR count). The number of para-hydroxylation sites is 2. The Morgan fingerprint density at radius 1 is 1.32 bits per heavy atom. The van der Waals surface area contributed by atoms with Crippen LogP contribution in [-0.4, -0.2) is 28.6 Å². The summed E-state index contributed by atoms with van der Waals surface area (Å²) in [5.74, 6) is -0.0969. The molecular weight excluding hydrogens is 372 g/mol. The molecule has 1 aliphatic heterocycles. The van der Waals surface area contributed by atoms with E-state index in [4.69, 9.17) is 0 Å². The summed E-state index contributed by atoms with van der Waals surface area (Å²) in [6.07, 6.45) is 0.232. The SMILES string of the molecule is Cc1nc(SCC(=O)N2c3ccccc3NC(=O)C[C@@H]2C)c(C#N)c(C)c1C. The van der Waals surface area contributed by atoms with Gasteiger partial charge in [-0.15, -0.1) is 0 Å². The van der Waals surface area contributed by atoms with Gasteiger partial charge in [0.2, 0.25) is 11.8 Å². The number of amides is 2. The third kappa shape index (κ3) is 3.73. The summed E-state index contributed by atoms with van der Waals surface area (Å²) in [6.45, 7) is 7.61. The second-order valence-electron chi connectivity index (χ2n) is 6.91. The average Bonchev–Trinajstić information content (AvgIpc) is 2.78. The van der Waals surface area contributed by atoms with E-state index in [1.54, 1.807) is 11.0 Å². The first-order valence-electron chi connectivity index (χ1n) is 9.05. The number of nitrogens with zero attached hydrogens (tertiary/aromatic N) is 3. The molecule has 0 bridgehead atoms. The van der Waals surface area contributed by atoms with Crippen LogP contribution in [0.3, 0.4) is 0 Å². The van der Waals surface area contributed by atoms with E-state index in [1.807, 2.05) is 45.9 Å². The Kier molecular flexibility index (Phi) is 5.71. The van der Waals surface area contributed by atoms with Gasteiger partial charge < -0.3 is 10.2 Å². The van der Waals surface area contributed by atoms with Crippen LogP contribution in [0.15, 0.2) is 29.3 Å². The van der Waals surface area contributed by atoms with E-state index in [9.17, 15) is 14.9 Å². The molecule has 0 saturated heterocycles. The lowest BCUT2D eigenvalue weighted by molar-refractivity contribution is -0.117. The van der Waals surface area contributed by atoms with Crippen molar-refractivity contribution in [2.45, 2.75) is 45.2 Å². The molecule has 2 aromatic rings. The van der Waals surface area contributed by atoms with Crippen molar-refractivity contribution in [2.24, 2.45) is 0 Å². The van der Waals surface area contributed by atoms with Crippen molar-refractivity contribution in [3.05, 3.63) is 46.6 Å². The predicted molar refractivity (Wildman–Crippen MR) is 111 cm³/mol. The molecule has 2 amide bonds. The number of benzene rings is 1. The maximum absolute atomic E-state index is 13.1. The number of nitriles is 1. The Hall–Kier alpha value is -2.85. The molecule has 28 heavy (non-hydrogen) atoms. The Labute approximate surface area is 169 Å². The second kappa shape index (κ2) is 8.03. The topological polar surface area (TPSA) is 86.1 Å². The van der Waals surface area contributed by atoms with Crippen LogP contribution in [0, 0.1) is 32.1 Å². The van der Waals surface area contributed by atoms with Crippen LogP contribution in [0.4, 0.5) is 11.4 Å². The van der Waals surface area contributed by atoms with Gasteiger partial charge in [-0.3, -0.25) is 9.59 Å². The fraction of sp³-hybridized carbons (Fsp3) is 0.333. The number of carbonyl (C=O) groups excluding carboxylic acids is 2. The molecule has 0 unspecified atom stereocenters. The number of aromatic nitrogens is 1. The van der Waals surface area contributed by atoms with Gasteiger partial charge in [-0.05, 0) is 51.0 Å². The van der Waals surface area contributed by atoms with Crippen molar-refractivity contribution in [1.29, 1.82) is 5.26 Å². The number of hydrogen-bond donors (Lipinski definition) is 1. The minimum atomic E-state index is -0.262. The monoisotopic (exact) mass is 394 g/mol. The van der Waals surface area contributed by atoms with Crippen LogP contribution < -0.4 is 10.2 Å². The third-order valence-corrected chi connectivity index (χ3v) is 6.00. The number of aryl methyl sites for hydroxylation is 1. The van der Waals surface area contributed by atoms with E-state index in [-0.39, 0.29) is 30.0 Å². The molecule has 0 fully saturated rings. The Morgan fingerprint density at radius 2 is 2.04 bits per heavy atom. The minimum absolute atomic E-state index is 0.110. The minimum Gasteiger partial charge on any atom is -0.324 e. The highest BCUT2D eigenvalue weighted by atomic mass is 32.2. The number of thioether (sulfide) groups is 1. The molecule has 0 spiro atoms. The maximum Gasteiger partial charge on any atom is 0.237 e. The van der Waals surface area contributed by atoms with Gasteiger partial charge in [-0.2, -0.15) is 5.26 Å². The van der Waals surface area contributed by atoms with Crippen LogP contribution in [0.25, 0.3) is 0 Å². The van der Waals surface area contributed by atoms with E-state index in [0.717, 1.165) is 16.8 Å². The lowest BCUT2D eigenvalue weighted by Gasteiger charge is -2.27. The summed E-state index contributed by atoms with van der Waals surface area (Å²) in [5.41, 5.74) is 4.58. The molecule has 7 heteroatoms. The molecule has 1 aromatic heterocycles. The number of rotatable bonds is 3. The highest BCUT2D eigenvalue weighted by molar-refractivity contribution is 8.00. The summed E-state index contributed by atoms with van der Waals surface area (Å²) in [7, 11) is 0. The van der Waals surface area contributed by atoms with Crippen molar-refractivity contribution < 1.29 is 9.59 Å². The van der Waals surface area contributed by atoms with Crippen LogP contribution >= 0.6 is 11.8 Å². The molecule has 6 nitrogen and oxygen atoms in total. The fourth-order valence-electron chi connectivity index (χ4n) is 3.31. The van der Waals surface area contributed by atoms with Gasteiger partial charge in [-0.1, -0.05) is 23.9 Å². The van der Waals surface area contributed by atoms with Gasteiger partial charge in [-0.25, -0.2) is 4.98 Å². The van der Waals surface area contributed by atoms with Gasteiger partial charge in [0.1, 0.15) is 11.1 Å². The standard InChI is InChI=1S/C21H22N4O2S/c1-12-9-19(26)24-17-7-5-6-8-18(17)25(12)20(27)11-28-21-16(10-22)14(3)13(2)15(4)23-21/h5-8,12H,9,11H2,1-4H3,(H,24,26)/t12-/m0/s1. The average molecular weight is 395 g/mol. The normalized spacial score (nSPS) is 16.0. The van der Waals surface area contributed by atoms with Crippen molar-refractivity contribution in [2.75, 3.05) is 16.0 Å². The molecule has 0 saturated carbocycles. The Bertz CT molecular complexity index is 997. The second-order valence-corrected chi connectivity index (χ2v) is 7.87. The van der Waals surface area contributed by atoms with Gasteiger partial charge in [0, 0.05) is 18.2 Å². The van der Waals surface area contributed by atoms with Gasteiger partial charge >= 0.3 is 0 Å². The number of nitrogens with one attached hydrogen (secondary N) is 1. The lowest BCUT2D eigenvalue weighted by atomic mass is 10.1. The summed E-state index contributed by atoms with van der Waals surface area (Å²) >= 11 is 1.26. The zero-order chi connectivity index (χ0) is 20.4. The number of fused-ring (bicyclic) bond motifs is 1. The smallest absolute Gasteiger partial charge is 0.237 e. The number of pyridine rings is 1. The highest BCUT2D eigenvalue weighted by Gasteiger charge is 2.29. The molecular formula is C21H22N4O2S. The predicted octanol–water partition coefficient (Wildman–Crippen LogP) is 3.73. The van der Waals surface area contributed by atoms with E-state index >= 15 is 0 Å². The molecule has 1 aromatic carbocycles. The largest absolute Gasteiger partial charge is 0.324 e. The van der Waals surface area contributed by atoms with E-state index in [1.165, 1.54) is 11.8 Å². The number of carbonyl (C=O) groups is 2. The van der Waals surface area contributed by atoms with Crippen LogP contribution in [0.5, 0.6) is 0 Å². The first-order valence-corrected chi connectivity index (χ1v) is 10.0. The Balaban J connectivity index is 1.88. The molecule has 144 valence electrons. The zero-order valence-electron chi connectivity index (χ0n) is 16.4. The van der Waals surface area contributed by atoms with Crippen molar-refractivity contribution in [1.82, 2.24) is 4.98 Å². The van der Waals surface area contributed by atoms with Gasteiger partial charge in [0.05, 0.1) is 22.7 Å². The van der Waals surface area contributed by atoms with Gasteiger partial charge in [0.15, 0.2) is 0 Å². The number of hydrogen-bond acceptors (Lipinski definition) is 5. The zero-order valence-corrected chi connectivity index (χ0v) is 17.2. The quantitative estimate of drug-likeness (QED) is 0.802.